The third-order valence-corrected chi connectivity index (χ3v) is 11.3. The standard InChI is InChI=1S/C40H33NSi/c1-42(2,3)30-26-24-28(25-27-30)31-17-13-18-33-32-16-7-8-19-34(32)40(39(31)33)35-20-9-11-22-37(35)41(29-14-5-4-6-15-29)38-23-12-10-21-36(38)40/h4-27H,1-3H3. The Morgan fingerprint density at radius 1 is 0.452 bits per heavy atom. The van der Waals surface area contributed by atoms with Crippen LogP contribution in [0.15, 0.2) is 146 Å². The molecular weight excluding hydrogens is 523 g/mol. The molecule has 0 N–H and O–H groups in total. The van der Waals surface area contributed by atoms with Gasteiger partial charge in [-0.3, -0.25) is 0 Å². The highest BCUT2D eigenvalue weighted by atomic mass is 28.3. The monoisotopic (exact) mass is 555 g/mol. The number of rotatable bonds is 3. The van der Waals surface area contributed by atoms with Gasteiger partial charge in [-0.15, -0.1) is 0 Å². The van der Waals surface area contributed by atoms with Crippen LogP contribution in [0, 0.1) is 0 Å². The van der Waals surface area contributed by atoms with Crippen LogP contribution < -0.4 is 10.1 Å². The predicted molar refractivity (Wildman–Crippen MR) is 180 cm³/mol. The Hall–Kier alpha value is -4.66. The van der Waals surface area contributed by atoms with Gasteiger partial charge in [0, 0.05) is 5.69 Å². The van der Waals surface area contributed by atoms with Crippen molar-refractivity contribution in [2.45, 2.75) is 25.1 Å². The second kappa shape index (κ2) is 9.17. The number of benzene rings is 6. The van der Waals surface area contributed by atoms with Crippen LogP contribution in [0.3, 0.4) is 0 Å². The summed E-state index contributed by atoms with van der Waals surface area (Å²) in [5, 5.41) is 1.49. The number of hydrogen-bond acceptors (Lipinski definition) is 1. The maximum atomic E-state index is 2.45. The van der Waals surface area contributed by atoms with Crippen molar-refractivity contribution in [2.24, 2.45) is 0 Å². The minimum absolute atomic E-state index is 0.446. The van der Waals surface area contributed by atoms with Crippen molar-refractivity contribution < 1.29 is 0 Å². The zero-order valence-electron chi connectivity index (χ0n) is 24.3. The van der Waals surface area contributed by atoms with E-state index in [1.807, 2.05) is 0 Å². The van der Waals surface area contributed by atoms with Gasteiger partial charge in [0.25, 0.3) is 0 Å². The molecule has 2 heteroatoms. The average molecular weight is 556 g/mol. The van der Waals surface area contributed by atoms with E-state index in [1.54, 1.807) is 0 Å². The Labute approximate surface area is 249 Å². The summed E-state index contributed by atoms with van der Waals surface area (Å²) in [6.07, 6.45) is 0. The lowest BCUT2D eigenvalue weighted by Crippen LogP contribution is -2.37. The molecule has 1 spiro atoms. The van der Waals surface area contributed by atoms with Gasteiger partial charge in [-0.1, -0.05) is 146 Å². The van der Waals surface area contributed by atoms with Crippen LogP contribution in [0.25, 0.3) is 22.3 Å². The summed E-state index contributed by atoms with van der Waals surface area (Å²) < 4.78 is 0. The molecule has 0 atom stereocenters. The van der Waals surface area contributed by atoms with Crippen molar-refractivity contribution in [2.75, 3.05) is 4.90 Å². The lowest BCUT2D eigenvalue weighted by atomic mass is 9.63. The summed E-state index contributed by atoms with van der Waals surface area (Å²) in [6.45, 7) is 7.26. The molecule has 0 radical (unpaired) electrons. The van der Waals surface area contributed by atoms with Crippen molar-refractivity contribution in [3.05, 3.63) is 168 Å². The van der Waals surface area contributed by atoms with Gasteiger partial charge in [0.15, 0.2) is 0 Å². The molecular formula is C40H33NSi. The molecule has 2 aliphatic rings. The second-order valence-corrected chi connectivity index (χ2v) is 17.6. The maximum Gasteiger partial charge on any atom is 0.0775 e. The summed E-state index contributed by atoms with van der Waals surface area (Å²) in [5.41, 5.74) is 13.8. The van der Waals surface area contributed by atoms with Crippen LogP contribution in [0.5, 0.6) is 0 Å². The van der Waals surface area contributed by atoms with E-state index in [-0.39, 0.29) is 0 Å². The van der Waals surface area contributed by atoms with Crippen molar-refractivity contribution in [1.29, 1.82) is 0 Å². The van der Waals surface area contributed by atoms with Gasteiger partial charge in [-0.25, -0.2) is 0 Å². The van der Waals surface area contributed by atoms with Gasteiger partial charge < -0.3 is 4.90 Å². The van der Waals surface area contributed by atoms with Gasteiger partial charge in [0.1, 0.15) is 0 Å². The van der Waals surface area contributed by atoms with Crippen molar-refractivity contribution in [1.82, 2.24) is 0 Å². The molecule has 1 heterocycles. The quantitative estimate of drug-likeness (QED) is 0.196. The van der Waals surface area contributed by atoms with E-state index in [4.69, 9.17) is 0 Å². The highest BCUT2D eigenvalue weighted by Crippen LogP contribution is 2.64. The summed E-state index contributed by atoms with van der Waals surface area (Å²) in [7, 11) is -1.41. The van der Waals surface area contributed by atoms with E-state index in [9.17, 15) is 0 Å². The first-order valence-electron chi connectivity index (χ1n) is 14.9. The molecule has 0 aromatic heterocycles. The van der Waals surface area contributed by atoms with E-state index in [0.717, 1.165) is 0 Å². The van der Waals surface area contributed by atoms with E-state index in [1.165, 1.54) is 66.8 Å². The summed E-state index contributed by atoms with van der Waals surface area (Å²) >= 11 is 0. The first-order valence-corrected chi connectivity index (χ1v) is 18.4. The van der Waals surface area contributed by atoms with E-state index in [0.29, 0.717) is 0 Å². The van der Waals surface area contributed by atoms with Crippen molar-refractivity contribution in [3.63, 3.8) is 0 Å². The number of anilines is 3. The molecule has 0 saturated heterocycles. The molecule has 42 heavy (non-hydrogen) atoms. The van der Waals surface area contributed by atoms with Gasteiger partial charge in [-0.05, 0) is 68.8 Å². The topological polar surface area (TPSA) is 3.24 Å². The smallest absolute Gasteiger partial charge is 0.0775 e. The molecule has 202 valence electrons. The van der Waals surface area contributed by atoms with Crippen LogP contribution in [0.2, 0.25) is 19.6 Å². The molecule has 6 aromatic carbocycles. The highest BCUT2D eigenvalue weighted by molar-refractivity contribution is 6.88. The third kappa shape index (κ3) is 3.42. The van der Waals surface area contributed by atoms with Crippen molar-refractivity contribution in [3.8, 4) is 22.3 Å². The first-order chi connectivity index (χ1) is 20.5. The largest absolute Gasteiger partial charge is 0.310 e. The Morgan fingerprint density at radius 2 is 0.976 bits per heavy atom. The summed E-state index contributed by atoms with van der Waals surface area (Å²) in [6, 6.07) is 54.3. The Kier molecular flexibility index (Phi) is 5.48. The lowest BCUT2D eigenvalue weighted by Gasteiger charge is -2.45. The number of fused-ring (bicyclic) bond motifs is 9. The van der Waals surface area contributed by atoms with Gasteiger partial charge in [-0.2, -0.15) is 0 Å². The van der Waals surface area contributed by atoms with Gasteiger partial charge in [0.05, 0.1) is 24.9 Å². The molecule has 0 fully saturated rings. The first kappa shape index (κ1) is 25.1. The molecule has 1 aliphatic carbocycles. The van der Waals surface area contributed by atoms with E-state index in [2.05, 4.69) is 170 Å². The predicted octanol–water partition coefficient (Wildman–Crippen LogP) is 10.0. The second-order valence-electron chi connectivity index (χ2n) is 12.6. The third-order valence-electron chi connectivity index (χ3n) is 9.23. The molecule has 0 amide bonds. The van der Waals surface area contributed by atoms with E-state index < -0.39 is 13.5 Å². The molecule has 8 rings (SSSR count). The Balaban J connectivity index is 1.50. The van der Waals surface area contributed by atoms with E-state index >= 15 is 0 Å². The fraction of sp³-hybridized carbons (Fsp3) is 0.100. The van der Waals surface area contributed by atoms with Crippen molar-refractivity contribution >= 4 is 30.3 Å². The Bertz CT molecular complexity index is 1920. The zero-order valence-corrected chi connectivity index (χ0v) is 25.3. The van der Waals surface area contributed by atoms with Gasteiger partial charge >= 0.3 is 0 Å². The lowest BCUT2D eigenvalue weighted by molar-refractivity contribution is 0.754. The maximum absolute atomic E-state index is 2.45. The molecule has 6 aromatic rings. The number of nitrogens with zero attached hydrogens (tertiary/aromatic N) is 1. The molecule has 0 saturated carbocycles. The Morgan fingerprint density at radius 3 is 1.62 bits per heavy atom. The number of hydrogen-bond donors (Lipinski definition) is 0. The summed E-state index contributed by atoms with van der Waals surface area (Å²) in [4.78, 5) is 2.45. The van der Waals surface area contributed by atoms with Crippen LogP contribution in [-0.2, 0) is 5.41 Å². The fourth-order valence-electron chi connectivity index (χ4n) is 7.41. The minimum Gasteiger partial charge on any atom is -0.310 e. The molecule has 0 bridgehead atoms. The van der Waals surface area contributed by atoms with Crippen LogP contribution in [-0.4, -0.2) is 8.07 Å². The normalized spacial score (nSPS) is 14.2. The molecule has 1 aliphatic heterocycles. The molecule has 0 unspecified atom stereocenters. The van der Waals surface area contributed by atoms with Crippen LogP contribution in [0.1, 0.15) is 22.3 Å². The summed E-state index contributed by atoms with van der Waals surface area (Å²) in [5.74, 6) is 0. The SMILES string of the molecule is C[Si](C)(C)c1ccc(-c2cccc3c2C2(c4ccccc4-3)c3ccccc3N(c3ccccc3)c3ccccc32)cc1. The van der Waals surface area contributed by atoms with Gasteiger partial charge in [0.2, 0.25) is 0 Å². The minimum atomic E-state index is -1.41. The average Bonchev–Trinajstić information content (AvgIpc) is 3.33. The highest BCUT2D eigenvalue weighted by Gasteiger charge is 2.52. The molecule has 1 nitrogen and oxygen atoms in total. The number of para-hydroxylation sites is 3. The zero-order chi connectivity index (χ0) is 28.5. The van der Waals surface area contributed by atoms with Crippen LogP contribution in [0.4, 0.5) is 17.1 Å². The van der Waals surface area contributed by atoms with Crippen LogP contribution >= 0.6 is 0 Å². The fourth-order valence-corrected chi connectivity index (χ4v) is 8.58.